The first-order valence-electron chi connectivity index (χ1n) is 13.5. The fourth-order valence-electron chi connectivity index (χ4n) is 4.37. The molecule has 0 spiro atoms. The normalized spacial score (nSPS) is 11.7. The topological polar surface area (TPSA) is 18.5 Å². The minimum atomic E-state index is -2.33. The molecule has 0 aliphatic rings. The van der Waals surface area contributed by atoms with Crippen LogP contribution < -0.4 is 9.47 Å². The first-order valence-corrected chi connectivity index (χ1v) is 14.8. The van der Waals surface area contributed by atoms with Crippen molar-refractivity contribution in [1.82, 2.24) is 0 Å². The molecule has 244 valence electrons. The minimum Gasteiger partial charge on any atom is -0.451 e. The SMILES string of the molecule is CC(C)(C)c1ccc([S+](c2ccc(Oc3c(F)c(F)c(F)c(F)c3F)cc2)c2ccc(Oc3c(F)c(F)c(F)c(F)c3F)cc2)cc1. The molecule has 0 heterocycles. The highest BCUT2D eigenvalue weighted by molar-refractivity contribution is 7.97. The van der Waals surface area contributed by atoms with E-state index in [9.17, 15) is 43.9 Å². The van der Waals surface area contributed by atoms with Crippen molar-refractivity contribution in [3.8, 4) is 23.0 Å². The number of halogens is 10. The maximum atomic E-state index is 14.2. The van der Waals surface area contributed by atoms with Gasteiger partial charge in [-0.3, -0.25) is 0 Å². The fraction of sp³-hybridized carbons (Fsp3) is 0.118. The van der Waals surface area contributed by atoms with Gasteiger partial charge in [0.15, 0.2) is 14.7 Å². The number of hydrogen-bond acceptors (Lipinski definition) is 2. The molecular formula is C34H21F10O2S+. The van der Waals surface area contributed by atoms with E-state index in [0.29, 0.717) is 9.79 Å². The quantitative estimate of drug-likeness (QED) is 0.0736. The van der Waals surface area contributed by atoms with E-state index in [2.05, 4.69) is 0 Å². The molecule has 0 saturated carbocycles. The van der Waals surface area contributed by atoms with Crippen LogP contribution in [0.15, 0.2) is 87.5 Å². The molecule has 5 rings (SSSR count). The molecule has 5 aromatic carbocycles. The molecule has 0 amide bonds. The maximum absolute atomic E-state index is 14.2. The predicted molar refractivity (Wildman–Crippen MR) is 153 cm³/mol. The average Bonchev–Trinajstić information content (AvgIpc) is 3.06. The summed E-state index contributed by atoms with van der Waals surface area (Å²) in [4.78, 5) is 1.94. The fourth-order valence-corrected chi connectivity index (χ4v) is 6.41. The molecular weight excluding hydrogens is 662 g/mol. The second kappa shape index (κ2) is 12.9. The smallest absolute Gasteiger partial charge is 0.207 e. The molecule has 0 saturated heterocycles. The van der Waals surface area contributed by atoms with Crippen LogP contribution in [0.1, 0.15) is 26.3 Å². The van der Waals surface area contributed by atoms with E-state index in [1.165, 1.54) is 48.5 Å². The molecule has 47 heavy (non-hydrogen) atoms. The van der Waals surface area contributed by atoms with Crippen LogP contribution in [0.5, 0.6) is 23.0 Å². The van der Waals surface area contributed by atoms with Crippen LogP contribution in [0.3, 0.4) is 0 Å². The molecule has 0 aliphatic carbocycles. The lowest BCUT2D eigenvalue weighted by atomic mass is 9.87. The van der Waals surface area contributed by atoms with Crippen LogP contribution in [-0.2, 0) is 16.3 Å². The van der Waals surface area contributed by atoms with Crippen molar-refractivity contribution < 1.29 is 53.4 Å². The average molecular weight is 684 g/mol. The van der Waals surface area contributed by atoms with E-state index >= 15 is 0 Å². The Morgan fingerprint density at radius 1 is 0.383 bits per heavy atom. The molecule has 0 atom stereocenters. The first kappa shape index (κ1) is 33.7. The summed E-state index contributed by atoms with van der Waals surface area (Å²) in [5.41, 5.74) is 0.839. The zero-order chi connectivity index (χ0) is 34.4. The summed E-state index contributed by atoms with van der Waals surface area (Å²) in [6, 6.07) is 18.6. The second-order valence-corrected chi connectivity index (χ2v) is 13.1. The number of ether oxygens (including phenoxy) is 2. The van der Waals surface area contributed by atoms with Gasteiger partial charge in [-0.1, -0.05) is 32.9 Å². The Kier molecular flexibility index (Phi) is 9.22. The van der Waals surface area contributed by atoms with Crippen LogP contribution >= 0.6 is 0 Å². The van der Waals surface area contributed by atoms with Gasteiger partial charge in [0.1, 0.15) is 11.5 Å². The summed E-state index contributed by atoms with van der Waals surface area (Å²) in [6.07, 6.45) is 0. The highest BCUT2D eigenvalue weighted by atomic mass is 32.2. The standard InChI is InChI=1S/C34H21F10O2S/c1-34(2,3)16-4-10-19(11-5-16)47(20-12-6-17(7-13-20)45-32-28(41)24(37)22(35)25(38)29(32)42)21-14-8-18(9-15-21)46-33-30(43)26(39)23(36)27(40)31(33)44/h4-15H,1-3H3/q+1. The Hall–Kier alpha value is -4.65. The molecule has 13 heteroatoms. The summed E-state index contributed by atoms with van der Waals surface area (Å²) < 4.78 is 148. The zero-order valence-corrected chi connectivity index (χ0v) is 25.2. The van der Waals surface area contributed by atoms with Gasteiger partial charge in [0.05, 0.1) is 10.9 Å². The van der Waals surface area contributed by atoms with Crippen molar-refractivity contribution in [3.63, 3.8) is 0 Å². The predicted octanol–water partition coefficient (Wildman–Crippen LogP) is 11.1. The Morgan fingerprint density at radius 2 is 0.638 bits per heavy atom. The van der Waals surface area contributed by atoms with Gasteiger partial charge in [0.25, 0.3) is 0 Å². The van der Waals surface area contributed by atoms with Gasteiger partial charge in [0, 0.05) is 0 Å². The second-order valence-electron chi connectivity index (χ2n) is 11.0. The van der Waals surface area contributed by atoms with Crippen molar-refractivity contribution in [2.75, 3.05) is 0 Å². The molecule has 0 aromatic heterocycles. The van der Waals surface area contributed by atoms with Gasteiger partial charge in [0.2, 0.25) is 69.7 Å². The highest BCUT2D eigenvalue weighted by Crippen LogP contribution is 2.38. The van der Waals surface area contributed by atoms with Crippen LogP contribution in [0.25, 0.3) is 0 Å². The van der Waals surface area contributed by atoms with E-state index in [0.717, 1.165) is 10.5 Å². The lowest BCUT2D eigenvalue weighted by Crippen LogP contribution is -2.11. The molecule has 0 aliphatic heterocycles. The Balaban J connectivity index is 1.51. The maximum Gasteiger partial charge on any atom is 0.207 e. The minimum absolute atomic E-state index is 0.178. The van der Waals surface area contributed by atoms with E-state index in [1.54, 1.807) is 0 Å². The highest BCUT2D eigenvalue weighted by Gasteiger charge is 2.32. The van der Waals surface area contributed by atoms with Gasteiger partial charge in [-0.25, -0.2) is 26.3 Å². The summed E-state index contributed by atoms with van der Waals surface area (Å²) in [5, 5.41) is 0. The van der Waals surface area contributed by atoms with E-state index < -0.39 is 80.6 Å². The van der Waals surface area contributed by atoms with Crippen molar-refractivity contribution in [1.29, 1.82) is 0 Å². The molecule has 0 N–H and O–H groups in total. The van der Waals surface area contributed by atoms with E-state index in [1.807, 2.05) is 45.0 Å². The lowest BCUT2D eigenvalue weighted by Gasteiger charge is -2.19. The third-order valence-corrected chi connectivity index (χ3v) is 9.08. The molecule has 2 nitrogen and oxygen atoms in total. The van der Waals surface area contributed by atoms with Crippen LogP contribution in [0, 0.1) is 58.2 Å². The van der Waals surface area contributed by atoms with Gasteiger partial charge in [-0.05, 0) is 71.6 Å². The van der Waals surface area contributed by atoms with E-state index in [4.69, 9.17) is 9.47 Å². The Morgan fingerprint density at radius 3 is 0.915 bits per heavy atom. The number of rotatable bonds is 7. The molecule has 0 radical (unpaired) electrons. The molecule has 0 bridgehead atoms. The van der Waals surface area contributed by atoms with Gasteiger partial charge in [-0.15, -0.1) is 0 Å². The van der Waals surface area contributed by atoms with Crippen molar-refractivity contribution >= 4 is 10.9 Å². The summed E-state index contributed by atoms with van der Waals surface area (Å²) >= 11 is 0. The Bertz CT molecular complexity index is 1780. The van der Waals surface area contributed by atoms with Crippen molar-refractivity contribution in [2.24, 2.45) is 0 Å². The van der Waals surface area contributed by atoms with Crippen molar-refractivity contribution in [3.05, 3.63) is 137 Å². The van der Waals surface area contributed by atoms with Crippen LogP contribution in [0.4, 0.5) is 43.9 Å². The molecule has 5 aromatic rings. The monoisotopic (exact) mass is 683 g/mol. The third-order valence-electron chi connectivity index (χ3n) is 6.85. The van der Waals surface area contributed by atoms with Gasteiger partial charge < -0.3 is 9.47 Å². The van der Waals surface area contributed by atoms with E-state index in [-0.39, 0.29) is 16.9 Å². The summed E-state index contributed by atoms with van der Waals surface area (Å²) in [5.74, 6) is -25.3. The number of benzene rings is 5. The number of hydrogen-bond donors (Lipinski definition) is 0. The molecule has 0 unspecified atom stereocenters. The Labute approximate surface area is 264 Å². The third kappa shape index (κ3) is 6.49. The first-order chi connectivity index (χ1) is 22.1. The van der Waals surface area contributed by atoms with Gasteiger partial charge >= 0.3 is 0 Å². The van der Waals surface area contributed by atoms with Crippen molar-refractivity contribution in [2.45, 2.75) is 40.9 Å². The zero-order valence-electron chi connectivity index (χ0n) is 24.4. The summed E-state index contributed by atoms with van der Waals surface area (Å²) in [7, 11) is -0.944. The molecule has 0 fully saturated rings. The lowest BCUT2D eigenvalue weighted by molar-refractivity contribution is 0.332. The van der Waals surface area contributed by atoms with Crippen LogP contribution in [0.2, 0.25) is 0 Å². The van der Waals surface area contributed by atoms with Gasteiger partial charge in [-0.2, -0.15) is 17.6 Å². The largest absolute Gasteiger partial charge is 0.451 e. The summed E-state index contributed by atoms with van der Waals surface area (Å²) in [6.45, 7) is 6.07. The van der Waals surface area contributed by atoms with Crippen LogP contribution in [-0.4, -0.2) is 0 Å².